The van der Waals surface area contributed by atoms with Crippen LogP contribution in [0.5, 0.6) is 11.5 Å². The number of quaternary nitrogens is 1. The predicted molar refractivity (Wildman–Crippen MR) is 111 cm³/mol. The number of benzene rings is 2. The Kier molecular flexibility index (Phi) is 4.81. The molecule has 3 aromatic rings. The van der Waals surface area contributed by atoms with Gasteiger partial charge in [-0.2, -0.15) is 0 Å². The van der Waals surface area contributed by atoms with Crippen LogP contribution in [0.15, 0.2) is 45.6 Å². The number of nitrogens with zero attached hydrogens (tertiary/aromatic N) is 1. The molecule has 0 aliphatic carbocycles. The Morgan fingerprint density at radius 1 is 1.14 bits per heavy atom. The van der Waals surface area contributed by atoms with Gasteiger partial charge in [0.1, 0.15) is 40.9 Å². The lowest BCUT2D eigenvalue weighted by molar-refractivity contribution is -0.898. The summed E-state index contributed by atoms with van der Waals surface area (Å²) in [7, 11) is 4.06. The maximum absolute atomic E-state index is 12.8. The average Bonchev–Trinajstić information content (AvgIpc) is 2.62. The minimum absolute atomic E-state index is 0.0138. The first-order chi connectivity index (χ1) is 13.7. The fourth-order valence-corrected chi connectivity index (χ4v) is 4.45. The third-order valence-electron chi connectivity index (χ3n) is 5.70. The second-order valence-electron chi connectivity index (χ2n) is 8.29. The Bertz CT molecular complexity index is 1150. The normalized spacial score (nSPS) is 21.4. The molecule has 2 atom stereocenters. The fraction of sp³-hybridized carbons (Fsp3) is 0.318. The maximum atomic E-state index is 12.8. The van der Waals surface area contributed by atoms with E-state index in [0.29, 0.717) is 33.6 Å². The third kappa shape index (κ3) is 3.48. The van der Waals surface area contributed by atoms with E-state index in [1.54, 1.807) is 24.3 Å². The van der Waals surface area contributed by atoms with Gasteiger partial charge in [-0.15, -0.1) is 0 Å². The van der Waals surface area contributed by atoms with Crippen LogP contribution in [-0.2, 0) is 0 Å². The van der Waals surface area contributed by atoms with Crippen molar-refractivity contribution in [2.24, 2.45) is 0 Å². The zero-order valence-corrected chi connectivity index (χ0v) is 17.0. The van der Waals surface area contributed by atoms with Gasteiger partial charge in [0, 0.05) is 35.6 Å². The highest BCUT2D eigenvalue weighted by Crippen LogP contribution is 2.43. The summed E-state index contributed by atoms with van der Waals surface area (Å²) in [4.78, 5) is 12.8. The molecule has 1 saturated heterocycles. The lowest BCUT2D eigenvalue weighted by Gasteiger charge is -2.40. The van der Waals surface area contributed by atoms with E-state index < -0.39 is 17.5 Å². The molecule has 2 heterocycles. The summed E-state index contributed by atoms with van der Waals surface area (Å²) >= 11 is 6.26. The quantitative estimate of drug-likeness (QED) is 0.556. The van der Waals surface area contributed by atoms with E-state index in [-0.39, 0.29) is 28.2 Å². The number of likely N-dealkylation sites (N-methyl/N-ethyl adjacent to an activating group) is 1. The van der Waals surface area contributed by atoms with Crippen molar-refractivity contribution in [3.8, 4) is 22.8 Å². The lowest BCUT2D eigenvalue weighted by Crippen LogP contribution is -2.52. The number of halogens is 1. The number of rotatable bonds is 2. The Morgan fingerprint density at radius 3 is 2.55 bits per heavy atom. The topological polar surface area (TPSA) is 90.9 Å². The van der Waals surface area contributed by atoms with Crippen LogP contribution < -0.4 is 5.43 Å². The average molecular weight is 417 g/mol. The molecule has 4 rings (SSSR count). The van der Waals surface area contributed by atoms with E-state index in [1.807, 2.05) is 14.1 Å². The van der Waals surface area contributed by atoms with E-state index >= 15 is 0 Å². The number of hydrogen-bond acceptors (Lipinski definition) is 5. The van der Waals surface area contributed by atoms with Gasteiger partial charge in [-0.05, 0) is 12.1 Å². The number of phenols is 2. The van der Waals surface area contributed by atoms with Crippen LogP contribution in [0.4, 0.5) is 0 Å². The van der Waals surface area contributed by atoms with Crippen molar-refractivity contribution in [1.29, 1.82) is 0 Å². The first kappa shape index (κ1) is 19.8. The monoisotopic (exact) mass is 416 g/mol. The largest absolute Gasteiger partial charge is 0.507 e. The molecule has 0 bridgehead atoms. The van der Waals surface area contributed by atoms with Crippen LogP contribution in [0.3, 0.4) is 0 Å². The van der Waals surface area contributed by atoms with E-state index in [2.05, 4.69) is 0 Å². The van der Waals surface area contributed by atoms with Crippen LogP contribution in [-0.4, -0.2) is 53.1 Å². The Labute approximate surface area is 172 Å². The van der Waals surface area contributed by atoms with Crippen molar-refractivity contribution in [3.63, 3.8) is 0 Å². The summed E-state index contributed by atoms with van der Waals surface area (Å²) in [6.45, 7) is 1.29. The first-order valence-electron chi connectivity index (χ1n) is 9.45. The maximum Gasteiger partial charge on any atom is 0.197 e. The molecule has 0 unspecified atom stereocenters. The molecule has 152 valence electrons. The molecule has 1 aliphatic heterocycles. The van der Waals surface area contributed by atoms with Crippen LogP contribution in [0.2, 0.25) is 5.02 Å². The van der Waals surface area contributed by atoms with Gasteiger partial charge >= 0.3 is 0 Å². The van der Waals surface area contributed by atoms with Gasteiger partial charge in [0.2, 0.25) is 0 Å². The number of aliphatic hydroxyl groups is 1. The molecule has 2 aromatic carbocycles. The van der Waals surface area contributed by atoms with E-state index in [9.17, 15) is 20.1 Å². The van der Waals surface area contributed by atoms with E-state index in [1.165, 1.54) is 6.07 Å². The second-order valence-corrected chi connectivity index (χ2v) is 8.70. The van der Waals surface area contributed by atoms with Crippen molar-refractivity contribution in [2.45, 2.75) is 18.4 Å². The molecule has 0 radical (unpaired) electrons. The summed E-state index contributed by atoms with van der Waals surface area (Å²) in [6, 6.07) is 9.38. The van der Waals surface area contributed by atoms with Gasteiger partial charge in [0.25, 0.3) is 0 Å². The highest BCUT2D eigenvalue weighted by molar-refractivity contribution is 6.33. The molecular weight excluding hydrogens is 394 g/mol. The molecule has 0 spiro atoms. The highest BCUT2D eigenvalue weighted by Gasteiger charge is 2.38. The van der Waals surface area contributed by atoms with Crippen LogP contribution >= 0.6 is 11.6 Å². The molecule has 3 N–H and O–H groups in total. The smallest absolute Gasteiger partial charge is 0.197 e. The van der Waals surface area contributed by atoms with Gasteiger partial charge in [-0.25, -0.2) is 0 Å². The SMILES string of the molecule is C[N+]1(C)CC[C@H](c2c(O)cc(O)c3c(=O)cc(-c4ccccc4Cl)oc23)[C@H](O)C1. The second kappa shape index (κ2) is 7.06. The van der Waals surface area contributed by atoms with Crippen molar-refractivity contribution in [3.05, 3.63) is 57.2 Å². The third-order valence-corrected chi connectivity index (χ3v) is 6.03. The van der Waals surface area contributed by atoms with Crippen molar-refractivity contribution in [1.82, 2.24) is 0 Å². The van der Waals surface area contributed by atoms with Gasteiger partial charge in [-0.1, -0.05) is 23.7 Å². The summed E-state index contributed by atoms with van der Waals surface area (Å²) in [5.41, 5.74) is 0.516. The minimum Gasteiger partial charge on any atom is -0.507 e. The Morgan fingerprint density at radius 2 is 1.86 bits per heavy atom. The number of aliphatic hydroxyl groups excluding tert-OH is 1. The van der Waals surface area contributed by atoms with Crippen LogP contribution in [0.1, 0.15) is 17.9 Å². The van der Waals surface area contributed by atoms with Gasteiger partial charge in [-0.3, -0.25) is 4.79 Å². The predicted octanol–water partition coefficient (Wildman–Crippen LogP) is 3.45. The number of hydrogen-bond donors (Lipinski definition) is 3. The lowest BCUT2D eigenvalue weighted by atomic mass is 9.84. The first-order valence-corrected chi connectivity index (χ1v) is 9.83. The number of piperidine rings is 1. The van der Waals surface area contributed by atoms with Gasteiger partial charge in [0.05, 0.1) is 25.7 Å². The Balaban J connectivity index is 1.98. The summed E-state index contributed by atoms with van der Waals surface area (Å²) in [5, 5.41) is 32.1. The Hall–Kier alpha value is -2.54. The molecule has 1 fully saturated rings. The molecule has 0 saturated carbocycles. The highest BCUT2D eigenvalue weighted by atomic mass is 35.5. The number of fused-ring (bicyclic) bond motifs is 1. The van der Waals surface area contributed by atoms with Crippen molar-refractivity contribution in [2.75, 3.05) is 27.2 Å². The van der Waals surface area contributed by atoms with Gasteiger partial charge in [0.15, 0.2) is 5.43 Å². The van der Waals surface area contributed by atoms with E-state index in [4.69, 9.17) is 16.0 Å². The summed E-state index contributed by atoms with van der Waals surface area (Å²) < 4.78 is 6.69. The molecule has 7 heteroatoms. The molecule has 1 aromatic heterocycles. The molecule has 1 aliphatic rings. The summed E-state index contributed by atoms with van der Waals surface area (Å²) in [6.07, 6.45) is -0.131. The standard InChI is InChI=1S/C22H22ClNO5/c1-24(2)8-7-13(18(28)11-24)20-15(25)9-16(26)21-17(27)10-19(29-22(20)21)12-5-3-4-6-14(12)23/h3-6,9-10,13,18,28H,7-8,11H2,1-2H3,(H-,25,26,27)/p+1/t13-,18+/m0/s1. The number of aromatic hydroxyl groups is 2. The molecular formula is C22H23ClNO5+. The van der Waals surface area contributed by atoms with Crippen molar-refractivity contribution < 1.29 is 24.2 Å². The summed E-state index contributed by atoms with van der Waals surface area (Å²) in [5.74, 6) is -0.748. The zero-order valence-electron chi connectivity index (χ0n) is 16.2. The molecule has 0 amide bonds. The molecule has 29 heavy (non-hydrogen) atoms. The molecule has 6 nitrogen and oxygen atoms in total. The number of likely N-dealkylation sites (tertiary alicyclic amines) is 1. The van der Waals surface area contributed by atoms with Crippen molar-refractivity contribution >= 4 is 22.6 Å². The van der Waals surface area contributed by atoms with E-state index in [0.717, 1.165) is 12.6 Å². The van der Waals surface area contributed by atoms with Crippen LogP contribution in [0, 0.1) is 0 Å². The zero-order chi connectivity index (χ0) is 20.9. The fourth-order valence-electron chi connectivity index (χ4n) is 4.22. The number of phenolic OH excluding ortho intramolecular Hbond substituents is 2. The van der Waals surface area contributed by atoms with Crippen LogP contribution in [0.25, 0.3) is 22.3 Å². The minimum atomic E-state index is -0.730. The van der Waals surface area contributed by atoms with Gasteiger partial charge < -0.3 is 24.2 Å².